The molecule has 0 amide bonds. The van der Waals surface area contributed by atoms with E-state index in [1.165, 1.54) is 5.56 Å². The highest BCUT2D eigenvalue weighted by Gasteiger charge is 2.20. The van der Waals surface area contributed by atoms with Crippen LogP contribution in [0.1, 0.15) is 18.2 Å². The van der Waals surface area contributed by atoms with Gasteiger partial charge in [-0.1, -0.05) is 12.1 Å². The van der Waals surface area contributed by atoms with Gasteiger partial charge in [-0.3, -0.25) is 4.98 Å². The van der Waals surface area contributed by atoms with Gasteiger partial charge in [-0.05, 0) is 51.7 Å². The Hall–Kier alpha value is -1.49. The van der Waals surface area contributed by atoms with Gasteiger partial charge in [-0.25, -0.2) is 0 Å². The van der Waals surface area contributed by atoms with Crippen molar-refractivity contribution in [1.82, 2.24) is 15.2 Å². The Labute approximate surface area is 126 Å². The summed E-state index contributed by atoms with van der Waals surface area (Å²) in [5.74, 6) is 0. The number of pyridine rings is 1. The summed E-state index contributed by atoms with van der Waals surface area (Å²) in [4.78, 5) is 6.49. The number of benzene rings is 1. The molecule has 0 bridgehead atoms. The van der Waals surface area contributed by atoms with E-state index in [4.69, 9.17) is 0 Å². The molecule has 1 atom stereocenters. The quantitative estimate of drug-likeness (QED) is 0.852. The summed E-state index contributed by atoms with van der Waals surface area (Å²) in [7, 11) is 3.93. The van der Waals surface area contributed by atoms with Crippen LogP contribution in [0.4, 0.5) is 0 Å². The summed E-state index contributed by atoms with van der Waals surface area (Å²) < 4.78 is 0. The van der Waals surface area contributed by atoms with E-state index >= 15 is 0 Å². The van der Waals surface area contributed by atoms with Gasteiger partial charge in [-0.15, -0.1) is 0 Å². The van der Waals surface area contributed by atoms with Crippen molar-refractivity contribution in [3.05, 3.63) is 41.6 Å². The van der Waals surface area contributed by atoms with E-state index < -0.39 is 5.60 Å². The maximum Gasteiger partial charge on any atom is 0.0869 e. The van der Waals surface area contributed by atoms with Crippen molar-refractivity contribution < 1.29 is 5.11 Å². The van der Waals surface area contributed by atoms with Crippen LogP contribution >= 0.6 is 0 Å². The van der Waals surface area contributed by atoms with E-state index in [0.717, 1.165) is 23.1 Å². The van der Waals surface area contributed by atoms with E-state index in [1.807, 2.05) is 38.9 Å². The minimum atomic E-state index is -0.723. The highest BCUT2D eigenvalue weighted by atomic mass is 16.3. The molecule has 1 aromatic carbocycles. The third-order valence-electron chi connectivity index (χ3n) is 3.38. The second-order valence-electron chi connectivity index (χ2n) is 6.32. The summed E-state index contributed by atoms with van der Waals surface area (Å²) in [6.07, 6.45) is 0. The van der Waals surface area contributed by atoms with Crippen LogP contribution in [0.2, 0.25) is 0 Å². The number of rotatable bonds is 6. The maximum atomic E-state index is 10.3. The molecular weight excluding hydrogens is 262 g/mol. The highest BCUT2D eigenvalue weighted by molar-refractivity contribution is 5.79. The number of hydrogen-bond donors (Lipinski definition) is 2. The van der Waals surface area contributed by atoms with Gasteiger partial charge >= 0.3 is 0 Å². The molecule has 1 unspecified atom stereocenters. The van der Waals surface area contributed by atoms with Crippen molar-refractivity contribution in [2.24, 2.45) is 0 Å². The van der Waals surface area contributed by atoms with Gasteiger partial charge in [0.25, 0.3) is 0 Å². The van der Waals surface area contributed by atoms with Gasteiger partial charge in [0.1, 0.15) is 0 Å². The first-order valence-corrected chi connectivity index (χ1v) is 7.30. The van der Waals surface area contributed by atoms with Crippen molar-refractivity contribution in [2.75, 3.05) is 27.2 Å². The van der Waals surface area contributed by atoms with Gasteiger partial charge in [0.15, 0.2) is 0 Å². The van der Waals surface area contributed by atoms with E-state index in [1.54, 1.807) is 0 Å². The van der Waals surface area contributed by atoms with E-state index in [9.17, 15) is 5.11 Å². The number of nitrogens with zero attached hydrogens (tertiary/aromatic N) is 2. The van der Waals surface area contributed by atoms with Crippen LogP contribution in [-0.2, 0) is 6.54 Å². The Morgan fingerprint density at radius 3 is 2.71 bits per heavy atom. The predicted octanol–water partition coefficient (Wildman–Crippen LogP) is 1.95. The maximum absolute atomic E-state index is 10.3. The van der Waals surface area contributed by atoms with Crippen molar-refractivity contribution in [2.45, 2.75) is 26.0 Å². The average Bonchev–Trinajstić information content (AvgIpc) is 2.37. The average molecular weight is 287 g/mol. The first-order valence-electron chi connectivity index (χ1n) is 7.30. The summed E-state index contributed by atoms with van der Waals surface area (Å²) in [6.45, 7) is 5.80. The van der Waals surface area contributed by atoms with Crippen LogP contribution < -0.4 is 5.32 Å². The monoisotopic (exact) mass is 287 g/mol. The first-order chi connectivity index (χ1) is 9.85. The van der Waals surface area contributed by atoms with E-state index in [-0.39, 0.29) is 0 Å². The third-order valence-corrected chi connectivity index (χ3v) is 3.38. The number of hydrogen-bond acceptors (Lipinski definition) is 4. The zero-order valence-electron chi connectivity index (χ0n) is 13.3. The fourth-order valence-electron chi connectivity index (χ4n) is 2.60. The largest absolute Gasteiger partial charge is 0.388 e. The fraction of sp³-hybridized carbons (Fsp3) is 0.471. The van der Waals surface area contributed by atoms with Crippen LogP contribution in [0, 0.1) is 6.92 Å². The molecule has 4 heteroatoms. The number of likely N-dealkylation sites (N-methyl/N-ethyl adjacent to an activating group) is 1. The zero-order chi connectivity index (χ0) is 15.5. The lowest BCUT2D eigenvalue weighted by Crippen LogP contribution is -2.45. The smallest absolute Gasteiger partial charge is 0.0869 e. The molecule has 0 aliphatic carbocycles. The summed E-state index contributed by atoms with van der Waals surface area (Å²) in [5, 5.41) is 14.7. The van der Waals surface area contributed by atoms with E-state index in [0.29, 0.717) is 13.1 Å². The Bertz CT molecular complexity index is 608. The second kappa shape index (κ2) is 6.52. The fourth-order valence-corrected chi connectivity index (χ4v) is 2.60. The predicted molar refractivity (Wildman–Crippen MR) is 87.4 cm³/mol. The molecule has 0 saturated carbocycles. The first kappa shape index (κ1) is 15.9. The molecule has 0 spiro atoms. The summed E-state index contributed by atoms with van der Waals surface area (Å²) in [6, 6.07) is 10.4. The highest BCUT2D eigenvalue weighted by Crippen LogP contribution is 2.15. The lowest BCUT2D eigenvalue weighted by Gasteiger charge is -2.27. The van der Waals surface area contributed by atoms with Crippen LogP contribution in [0.5, 0.6) is 0 Å². The van der Waals surface area contributed by atoms with Gasteiger partial charge in [0.2, 0.25) is 0 Å². The zero-order valence-corrected chi connectivity index (χ0v) is 13.3. The molecule has 114 valence electrons. The molecule has 2 aromatic rings. The minimum Gasteiger partial charge on any atom is -0.388 e. The van der Waals surface area contributed by atoms with Crippen LogP contribution in [-0.4, -0.2) is 47.8 Å². The Morgan fingerprint density at radius 2 is 2.00 bits per heavy atom. The lowest BCUT2D eigenvalue weighted by molar-refractivity contribution is 0.0336. The number of aromatic nitrogens is 1. The standard InChI is InChI=1S/C17H25N3O/c1-13-5-7-15-9-14(6-8-16(15)19-13)10-18-11-17(2,21)12-20(3)4/h5-9,18,21H,10-12H2,1-4H3. The number of fused-ring (bicyclic) bond motifs is 1. The van der Waals surface area contributed by atoms with Gasteiger partial charge in [-0.2, -0.15) is 0 Å². The summed E-state index contributed by atoms with van der Waals surface area (Å²) >= 11 is 0. The molecule has 0 saturated heterocycles. The van der Waals surface area contributed by atoms with Gasteiger partial charge in [0.05, 0.1) is 11.1 Å². The topological polar surface area (TPSA) is 48.4 Å². The number of aliphatic hydroxyl groups is 1. The van der Waals surface area contributed by atoms with Crippen molar-refractivity contribution in [1.29, 1.82) is 0 Å². The SMILES string of the molecule is Cc1ccc2cc(CNCC(C)(O)CN(C)C)ccc2n1. The number of nitrogens with one attached hydrogen (secondary N) is 1. The molecular formula is C17H25N3O. The van der Waals surface area contributed by atoms with Crippen LogP contribution in [0.3, 0.4) is 0 Å². The molecule has 4 nitrogen and oxygen atoms in total. The Morgan fingerprint density at radius 1 is 1.24 bits per heavy atom. The minimum absolute atomic E-state index is 0.565. The van der Waals surface area contributed by atoms with Crippen molar-refractivity contribution in [3.8, 4) is 0 Å². The second-order valence-corrected chi connectivity index (χ2v) is 6.32. The molecule has 0 aliphatic heterocycles. The lowest BCUT2D eigenvalue weighted by atomic mass is 10.1. The molecule has 1 heterocycles. The molecule has 2 N–H and O–H groups in total. The molecule has 0 fully saturated rings. The van der Waals surface area contributed by atoms with Gasteiger partial charge < -0.3 is 15.3 Å². The van der Waals surface area contributed by atoms with E-state index in [2.05, 4.69) is 34.6 Å². The molecule has 21 heavy (non-hydrogen) atoms. The van der Waals surface area contributed by atoms with Crippen molar-refractivity contribution >= 4 is 10.9 Å². The third kappa shape index (κ3) is 4.77. The van der Waals surface area contributed by atoms with Crippen LogP contribution in [0.15, 0.2) is 30.3 Å². The van der Waals surface area contributed by atoms with Crippen molar-refractivity contribution in [3.63, 3.8) is 0 Å². The molecule has 2 rings (SSSR count). The number of aryl methyl sites for hydroxylation is 1. The molecule has 0 aliphatic rings. The van der Waals surface area contributed by atoms with Crippen LogP contribution in [0.25, 0.3) is 10.9 Å². The molecule has 1 aromatic heterocycles. The Kier molecular flexibility index (Phi) is 4.93. The van der Waals surface area contributed by atoms with Gasteiger partial charge in [0, 0.05) is 30.7 Å². The Balaban J connectivity index is 1.96. The molecule has 0 radical (unpaired) electrons. The normalized spacial score (nSPS) is 14.6. The summed E-state index contributed by atoms with van der Waals surface area (Å²) in [5.41, 5.74) is 2.54.